The van der Waals surface area contributed by atoms with Crippen LogP contribution in [0.2, 0.25) is 0 Å². The first-order valence-electron chi connectivity index (χ1n) is 7.34. The summed E-state index contributed by atoms with van der Waals surface area (Å²) in [6.45, 7) is 0.949. The van der Waals surface area contributed by atoms with E-state index in [1.54, 1.807) is 24.3 Å². The van der Waals surface area contributed by atoms with Crippen LogP contribution >= 0.6 is 0 Å². The summed E-state index contributed by atoms with van der Waals surface area (Å²) < 4.78 is 0. The zero-order valence-electron chi connectivity index (χ0n) is 11.8. The first kappa shape index (κ1) is 13.9. The van der Waals surface area contributed by atoms with Crippen molar-refractivity contribution in [1.29, 1.82) is 0 Å². The largest absolute Gasteiger partial charge is 0.351 e. The molecule has 1 aromatic rings. The van der Waals surface area contributed by atoms with Gasteiger partial charge < -0.3 is 21.7 Å². The van der Waals surface area contributed by atoms with Crippen molar-refractivity contribution in [3.05, 3.63) is 24.3 Å². The quantitative estimate of drug-likeness (QED) is 0.678. The van der Waals surface area contributed by atoms with Crippen molar-refractivity contribution in [2.45, 2.75) is 25.3 Å². The summed E-state index contributed by atoms with van der Waals surface area (Å²) in [5.74, 6) is 1.16. The molecular formula is C15H20N4O2. The highest BCUT2D eigenvalue weighted by atomic mass is 16.2. The van der Waals surface area contributed by atoms with Crippen molar-refractivity contribution in [1.82, 2.24) is 5.32 Å². The number of hydrogen-bond donors (Lipinski definition) is 4. The Morgan fingerprint density at radius 1 is 1.10 bits per heavy atom. The van der Waals surface area contributed by atoms with E-state index in [1.807, 2.05) is 0 Å². The summed E-state index contributed by atoms with van der Waals surface area (Å²) >= 11 is 0. The van der Waals surface area contributed by atoms with E-state index < -0.39 is 6.03 Å². The fourth-order valence-corrected chi connectivity index (χ4v) is 3.47. The number of primary amides is 1. The zero-order valence-corrected chi connectivity index (χ0v) is 11.8. The molecule has 21 heavy (non-hydrogen) atoms. The minimum atomic E-state index is -0.603. The fourth-order valence-electron chi connectivity index (χ4n) is 3.47. The first-order valence-corrected chi connectivity index (χ1v) is 7.34. The number of urea groups is 1. The molecule has 1 saturated carbocycles. The Bertz CT molecular complexity index is 543. The normalized spacial score (nSPS) is 27.1. The van der Waals surface area contributed by atoms with Gasteiger partial charge in [0.1, 0.15) is 0 Å². The molecule has 1 aliphatic carbocycles. The van der Waals surface area contributed by atoms with Gasteiger partial charge in [-0.05, 0) is 55.5 Å². The topological polar surface area (TPSA) is 96.2 Å². The maximum absolute atomic E-state index is 12.4. The molecule has 6 heteroatoms. The zero-order chi connectivity index (χ0) is 14.8. The summed E-state index contributed by atoms with van der Waals surface area (Å²) in [6.07, 6.45) is 3.60. The predicted octanol–water partition coefficient (Wildman–Crippen LogP) is 1.50. The molecule has 0 aromatic heterocycles. The second-order valence-electron chi connectivity index (χ2n) is 5.80. The van der Waals surface area contributed by atoms with Crippen LogP contribution in [0.1, 0.15) is 19.3 Å². The van der Waals surface area contributed by atoms with Crippen molar-refractivity contribution < 1.29 is 9.59 Å². The number of rotatable bonds is 3. The molecule has 1 heterocycles. The maximum Gasteiger partial charge on any atom is 0.316 e. The van der Waals surface area contributed by atoms with Crippen molar-refractivity contribution in [2.24, 2.45) is 17.6 Å². The number of nitrogens with one attached hydrogen (secondary N) is 3. The molecule has 3 unspecified atom stereocenters. The number of amides is 3. The molecule has 2 aliphatic rings. The van der Waals surface area contributed by atoms with Crippen LogP contribution in [0, 0.1) is 11.8 Å². The van der Waals surface area contributed by atoms with Gasteiger partial charge in [-0.2, -0.15) is 0 Å². The van der Waals surface area contributed by atoms with Gasteiger partial charge in [-0.25, -0.2) is 4.79 Å². The highest BCUT2D eigenvalue weighted by Crippen LogP contribution is 2.37. The lowest BCUT2D eigenvalue weighted by atomic mass is 9.93. The van der Waals surface area contributed by atoms with E-state index in [9.17, 15) is 9.59 Å². The predicted molar refractivity (Wildman–Crippen MR) is 80.9 cm³/mol. The second-order valence-corrected chi connectivity index (χ2v) is 5.80. The lowest BCUT2D eigenvalue weighted by molar-refractivity contribution is -0.118. The van der Waals surface area contributed by atoms with Gasteiger partial charge in [0.2, 0.25) is 5.91 Å². The van der Waals surface area contributed by atoms with Gasteiger partial charge in [0.15, 0.2) is 0 Å². The summed E-state index contributed by atoms with van der Waals surface area (Å²) in [6, 6.07) is 6.24. The fraction of sp³-hybridized carbons (Fsp3) is 0.467. The van der Waals surface area contributed by atoms with Crippen molar-refractivity contribution in [2.75, 3.05) is 17.2 Å². The van der Waals surface area contributed by atoms with Crippen LogP contribution in [0.3, 0.4) is 0 Å². The van der Waals surface area contributed by atoms with Crippen molar-refractivity contribution >= 4 is 23.3 Å². The van der Waals surface area contributed by atoms with Crippen LogP contribution in [0.15, 0.2) is 24.3 Å². The van der Waals surface area contributed by atoms with E-state index in [2.05, 4.69) is 16.0 Å². The van der Waals surface area contributed by atoms with Crippen LogP contribution in [-0.4, -0.2) is 24.5 Å². The summed E-state index contributed by atoms with van der Waals surface area (Å²) in [7, 11) is 0. The molecule has 0 spiro atoms. The van der Waals surface area contributed by atoms with Crippen molar-refractivity contribution in [3.8, 4) is 0 Å². The van der Waals surface area contributed by atoms with Crippen LogP contribution in [-0.2, 0) is 4.79 Å². The monoisotopic (exact) mass is 288 g/mol. The second kappa shape index (κ2) is 5.73. The van der Waals surface area contributed by atoms with E-state index in [-0.39, 0.29) is 11.9 Å². The Kier molecular flexibility index (Phi) is 3.79. The highest BCUT2D eigenvalue weighted by molar-refractivity contribution is 5.95. The minimum Gasteiger partial charge on any atom is -0.351 e. The van der Waals surface area contributed by atoms with Gasteiger partial charge in [0.05, 0.1) is 6.04 Å². The van der Waals surface area contributed by atoms with Gasteiger partial charge in [-0.1, -0.05) is 6.42 Å². The van der Waals surface area contributed by atoms with Crippen LogP contribution in [0.4, 0.5) is 16.2 Å². The Labute approximate surface area is 123 Å². The average molecular weight is 288 g/mol. The number of anilines is 2. The van der Waals surface area contributed by atoms with Crippen LogP contribution < -0.4 is 21.7 Å². The smallest absolute Gasteiger partial charge is 0.316 e. The molecule has 6 nitrogen and oxygen atoms in total. The lowest BCUT2D eigenvalue weighted by Gasteiger charge is -2.17. The average Bonchev–Trinajstić information content (AvgIpc) is 3.02. The summed E-state index contributed by atoms with van der Waals surface area (Å²) in [4.78, 5) is 23.1. The summed E-state index contributed by atoms with van der Waals surface area (Å²) in [5, 5.41) is 8.75. The number of carbonyl (C=O) groups excluding carboxylic acids is 2. The van der Waals surface area contributed by atoms with Gasteiger partial charge in [0, 0.05) is 11.4 Å². The van der Waals surface area contributed by atoms with Crippen LogP contribution in [0.25, 0.3) is 0 Å². The van der Waals surface area contributed by atoms with E-state index in [0.717, 1.165) is 18.7 Å². The van der Waals surface area contributed by atoms with E-state index in [0.29, 0.717) is 17.5 Å². The third-order valence-corrected chi connectivity index (χ3v) is 4.45. The molecule has 112 valence electrons. The maximum atomic E-state index is 12.4. The summed E-state index contributed by atoms with van der Waals surface area (Å²) in [5.41, 5.74) is 6.37. The minimum absolute atomic E-state index is 0.0278. The standard InChI is InChI=1S/C15H20N4O2/c16-15(21)19-11-6-4-10(5-7-11)18-14(20)13-12-3-1-2-9(12)8-17-13/h4-7,9,12-13,17H,1-3,8H2,(H,18,20)(H3,16,19,21). The number of hydrogen-bond acceptors (Lipinski definition) is 3. The van der Waals surface area contributed by atoms with E-state index >= 15 is 0 Å². The Morgan fingerprint density at radius 2 is 1.76 bits per heavy atom. The molecule has 1 aromatic carbocycles. The van der Waals surface area contributed by atoms with Gasteiger partial charge in [-0.15, -0.1) is 0 Å². The molecule has 5 N–H and O–H groups in total. The highest BCUT2D eigenvalue weighted by Gasteiger charge is 2.42. The van der Waals surface area contributed by atoms with E-state index in [1.165, 1.54) is 12.8 Å². The molecule has 3 amide bonds. The third kappa shape index (κ3) is 3.00. The molecule has 2 fully saturated rings. The Hall–Kier alpha value is -2.08. The van der Waals surface area contributed by atoms with Gasteiger partial charge >= 0.3 is 6.03 Å². The number of carbonyl (C=O) groups is 2. The lowest BCUT2D eigenvalue weighted by Crippen LogP contribution is -2.39. The molecular weight excluding hydrogens is 268 g/mol. The SMILES string of the molecule is NC(=O)Nc1ccc(NC(=O)C2NCC3CCCC32)cc1. The third-order valence-electron chi connectivity index (χ3n) is 4.45. The Morgan fingerprint density at radius 3 is 2.43 bits per heavy atom. The van der Waals surface area contributed by atoms with Gasteiger partial charge in [0.25, 0.3) is 0 Å². The molecule has 1 saturated heterocycles. The molecule has 3 atom stereocenters. The first-order chi connectivity index (χ1) is 10.1. The molecule has 1 aliphatic heterocycles. The number of benzene rings is 1. The molecule has 0 radical (unpaired) electrons. The number of nitrogens with two attached hydrogens (primary N) is 1. The molecule has 0 bridgehead atoms. The van der Waals surface area contributed by atoms with Gasteiger partial charge in [-0.3, -0.25) is 4.79 Å². The number of fused-ring (bicyclic) bond motifs is 1. The van der Waals surface area contributed by atoms with Crippen molar-refractivity contribution in [3.63, 3.8) is 0 Å². The molecule has 3 rings (SSSR count). The Balaban J connectivity index is 1.61. The van der Waals surface area contributed by atoms with Crippen LogP contribution in [0.5, 0.6) is 0 Å². The van der Waals surface area contributed by atoms with E-state index in [4.69, 9.17) is 5.73 Å².